The quantitative estimate of drug-likeness (QED) is 0.112. The summed E-state index contributed by atoms with van der Waals surface area (Å²) in [6.07, 6.45) is 25.2. The van der Waals surface area contributed by atoms with E-state index in [1.807, 2.05) is 0 Å². The molecular formula is C30H58CaO6. The zero-order valence-corrected chi connectivity index (χ0v) is 26.6. The van der Waals surface area contributed by atoms with E-state index in [9.17, 15) is 19.8 Å². The molecule has 0 bridgehead atoms. The Labute approximate surface area is 258 Å². The average molecular weight is 555 g/mol. The van der Waals surface area contributed by atoms with Gasteiger partial charge < -0.3 is 30.0 Å². The average Bonchev–Trinajstić information content (AvgIpc) is 2.85. The second kappa shape index (κ2) is 34.1. The Hall–Kier alpha value is 0.120. The van der Waals surface area contributed by atoms with Gasteiger partial charge in [0.1, 0.15) is 0 Å². The van der Waals surface area contributed by atoms with Crippen LogP contribution in [0.1, 0.15) is 168 Å². The van der Waals surface area contributed by atoms with Crippen molar-refractivity contribution < 1.29 is 30.0 Å². The number of aliphatic hydroxyl groups is 2. The first kappa shape index (κ1) is 41.6. The molecule has 2 N–H and O–H groups in total. The molecule has 0 aromatic rings. The van der Waals surface area contributed by atoms with Crippen molar-refractivity contribution >= 4 is 49.7 Å². The van der Waals surface area contributed by atoms with Crippen molar-refractivity contribution in [3.05, 3.63) is 0 Å². The van der Waals surface area contributed by atoms with E-state index >= 15 is 0 Å². The molecule has 0 saturated heterocycles. The van der Waals surface area contributed by atoms with Gasteiger partial charge in [0.15, 0.2) is 0 Å². The summed E-state index contributed by atoms with van der Waals surface area (Å²) in [6, 6.07) is 0. The van der Waals surface area contributed by atoms with E-state index in [1.54, 1.807) is 0 Å². The van der Waals surface area contributed by atoms with Crippen LogP contribution in [0.25, 0.3) is 0 Å². The molecule has 0 radical (unpaired) electrons. The minimum atomic E-state index is -1.35. The van der Waals surface area contributed by atoms with Crippen LogP contribution in [0.4, 0.5) is 0 Å². The summed E-state index contributed by atoms with van der Waals surface area (Å²) in [6.45, 7) is 4.47. The van der Waals surface area contributed by atoms with Gasteiger partial charge in [-0.25, -0.2) is 0 Å². The number of aliphatic hydroxyl groups excluding tert-OH is 2. The van der Waals surface area contributed by atoms with E-state index in [-0.39, 0.29) is 37.7 Å². The van der Waals surface area contributed by atoms with Crippen LogP contribution in [-0.4, -0.2) is 72.1 Å². The molecule has 0 aromatic heterocycles. The largest absolute Gasteiger partial charge is 2.00 e. The summed E-state index contributed by atoms with van der Waals surface area (Å²) >= 11 is 0. The van der Waals surface area contributed by atoms with Crippen molar-refractivity contribution in [3.63, 3.8) is 0 Å². The second-order valence-corrected chi connectivity index (χ2v) is 10.3. The van der Waals surface area contributed by atoms with Crippen LogP contribution in [0.15, 0.2) is 0 Å². The maximum Gasteiger partial charge on any atom is 2.00 e. The molecule has 0 heterocycles. The van der Waals surface area contributed by atoms with Crippen molar-refractivity contribution in [1.29, 1.82) is 0 Å². The van der Waals surface area contributed by atoms with E-state index in [0.717, 1.165) is 38.5 Å². The molecule has 0 aliphatic rings. The smallest absolute Gasteiger partial charge is 0.547 e. The fourth-order valence-corrected chi connectivity index (χ4v) is 4.24. The van der Waals surface area contributed by atoms with Crippen molar-refractivity contribution in [2.45, 2.75) is 180 Å². The number of carboxylic acid groups (broad SMARTS) is 2. The van der Waals surface area contributed by atoms with Gasteiger partial charge in [-0.3, -0.25) is 0 Å². The molecular weight excluding hydrogens is 496 g/mol. The second-order valence-electron chi connectivity index (χ2n) is 10.3. The summed E-state index contributed by atoms with van der Waals surface area (Å²) in [4.78, 5) is 20.5. The topological polar surface area (TPSA) is 121 Å². The Morgan fingerprint density at radius 2 is 0.649 bits per heavy atom. The third-order valence-corrected chi connectivity index (χ3v) is 6.71. The van der Waals surface area contributed by atoms with E-state index in [0.29, 0.717) is 12.8 Å². The molecule has 0 aromatic carbocycles. The van der Waals surface area contributed by atoms with E-state index < -0.39 is 24.1 Å². The molecule has 37 heavy (non-hydrogen) atoms. The fourth-order valence-electron chi connectivity index (χ4n) is 4.24. The molecule has 0 rings (SSSR count). The SMILES string of the molecule is CCCCCCCCCCCCCC(O)C(=O)[O-].CCCCCCCCCCCCCC(O)C(=O)[O-].[Ca+2]. The monoisotopic (exact) mass is 554 g/mol. The summed E-state index contributed by atoms with van der Waals surface area (Å²) in [5.74, 6) is -2.69. The number of carbonyl (C=O) groups excluding carboxylic acids is 2. The first-order valence-corrected chi connectivity index (χ1v) is 15.1. The molecule has 6 nitrogen and oxygen atoms in total. The molecule has 0 fully saturated rings. The molecule has 216 valence electrons. The van der Waals surface area contributed by atoms with Crippen LogP contribution < -0.4 is 10.2 Å². The molecule has 0 aliphatic carbocycles. The van der Waals surface area contributed by atoms with Gasteiger partial charge in [0.25, 0.3) is 0 Å². The number of unbranched alkanes of at least 4 members (excludes halogenated alkanes) is 20. The van der Waals surface area contributed by atoms with Gasteiger partial charge in [0.2, 0.25) is 0 Å². The number of carbonyl (C=O) groups is 2. The summed E-state index contributed by atoms with van der Waals surface area (Å²) in [7, 11) is 0. The molecule has 0 amide bonds. The molecule has 2 atom stereocenters. The molecule has 7 heteroatoms. The Morgan fingerprint density at radius 1 is 0.459 bits per heavy atom. The third kappa shape index (κ3) is 36.1. The molecule has 2 unspecified atom stereocenters. The Kier molecular flexibility index (Phi) is 38.4. The Morgan fingerprint density at radius 3 is 0.838 bits per heavy atom. The van der Waals surface area contributed by atoms with E-state index in [4.69, 9.17) is 10.2 Å². The standard InChI is InChI=1S/2C15H30O3.Ca/c2*1-2-3-4-5-6-7-8-9-10-11-12-13-14(16)15(17)18;/h2*14,16H,2-13H2,1H3,(H,17,18);/q;;+2/p-2. The van der Waals surface area contributed by atoms with E-state index in [1.165, 1.54) is 103 Å². The number of aliphatic carboxylic acids is 2. The zero-order valence-electron chi connectivity index (χ0n) is 24.4. The van der Waals surface area contributed by atoms with Gasteiger partial charge in [-0.05, 0) is 12.8 Å². The Balaban J connectivity index is -0.000000608. The summed E-state index contributed by atoms with van der Waals surface area (Å²) in [5, 5.41) is 38.5. The number of carboxylic acids is 2. The molecule has 0 spiro atoms. The maximum atomic E-state index is 10.3. The zero-order chi connectivity index (χ0) is 27.3. The van der Waals surface area contributed by atoms with Gasteiger partial charge in [-0.1, -0.05) is 155 Å². The number of hydrogen-bond acceptors (Lipinski definition) is 6. The minimum Gasteiger partial charge on any atom is -0.547 e. The number of hydrogen-bond donors (Lipinski definition) is 2. The van der Waals surface area contributed by atoms with Crippen LogP contribution in [0.5, 0.6) is 0 Å². The van der Waals surface area contributed by atoms with Crippen molar-refractivity contribution in [2.75, 3.05) is 0 Å². The van der Waals surface area contributed by atoms with Crippen LogP contribution in [0, 0.1) is 0 Å². The maximum absolute atomic E-state index is 10.3. The molecule has 0 aliphatic heterocycles. The first-order valence-electron chi connectivity index (χ1n) is 15.1. The number of rotatable bonds is 26. The Bertz CT molecular complexity index is 433. The van der Waals surface area contributed by atoms with Crippen LogP contribution >= 0.6 is 0 Å². The van der Waals surface area contributed by atoms with Crippen LogP contribution in [0.3, 0.4) is 0 Å². The fraction of sp³-hybridized carbons (Fsp3) is 0.933. The van der Waals surface area contributed by atoms with Crippen molar-refractivity contribution in [3.8, 4) is 0 Å². The van der Waals surface area contributed by atoms with Crippen LogP contribution in [0.2, 0.25) is 0 Å². The van der Waals surface area contributed by atoms with Gasteiger partial charge in [-0.2, -0.15) is 0 Å². The normalized spacial score (nSPS) is 12.2. The minimum absolute atomic E-state index is 0. The van der Waals surface area contributed by atoms with Crippen molar-refractivity contribution in [1.82, 2.24) is 0 Å². The first-order chi connectivity index (χ1) is 17.4. The summed E-state index contributed by atoms with van der Waals surface area (Å²) in [5.41, 5.74) is 0. The van der Waals surface area contributed by atoms with Gasteiger partial charge in [0, 0.05) is 0 Å². The van der Waals surface area contributed by atoms with Crippen molar-refractivity contribution in [2.24, 2.45) is 0 Å². The van der Waals surface area contributed by atoms with Crippen LogP contribution in [-0.2, 0) is 9.59 Å². The predicted molar refractivity (Wildman–Crippen MR) is 150 cm³/mol. The van der Waals surface area contributed by atoms with Gasteiger partial charge in [0.05, 0.1) is 24.1 Å². The third-order valence-electron chi connectivity index (χ3n) is 6.71. The van der Waals surface area contributed by atoms with Gasteiger partial charge in [-0.15, -0.1) is 0 Å². The van der Waals surface area contributed by atoms with Gasteiger partial charge >= 0.3 is 37.7 Å². The summed E-state index contributed by atoms with van der Waals surface area (Å²) < 4.78 is 0. The predicted octanol–water partition coefficient (Wildman–Crippen LogP) is 5.22. The molecule has 0 saturated carbocycles. The van der Waals surface area contributed by atoms with E-state index in [2.05, 4.69) is 13.8 Å².